The quantitative estimate of drug-likeness (QED) is 0.0542. The molecular formula is C38H64ClNO14. The third-order valence-corrected chi connectivity index (χ3v) is 7.87. The number of carbonyl (C=O) groups excluding carboxylic acids is 2. The number of nitrogens with zero attached hydrogens (tertiary/aromatic N) is 1. The van der Waals surface area contributed by atoms with Crippen molar-refractivity contribution in [3.63, 3.8) is 0 Å². The molecule has 16 heteroatoms. The molecule has 54 heavy (non-hydrogen) atoms. The van der Waals surface area contributed by atoms with Crippen LogP contribution in [0.1, 0.15) is 46.4 Å². The standard InChI is InChI=1S/C38H64ClNO14/c39-9-5-1-2-6-11-43-13-15-45-17-19-47-21-23-49-25-27-51-29-31-53-33-34-54-32-30-52-28-26-50-24-22-48-20-18-46-16-14-44-12-10-40-37(41)35-7-3-4-8-36(35)38(40)42/h3-4,7-8H,1-2,5-6,9-34H2. The minimum Gasteiger partial charge on any atom is -0.379 e. The van der Waals surface area contributed by atoms with Crippen molar-refractivity contribution in [2.75, 3.05) is 171 Å². The second kappa shape index (κ2) is 36.8. The molecule has 0 radical (unpaired) electrons. The SMILES string of the molecule is O=C1c2ccccc2C(=O)N1CCOCCOCCOCCOCCOCCOCCOCCOCCOCCOCCOCCOCCCCCCCl. The first-order chi connectivity index (χ1) is 26.8. The van der Waals surface area contributed by atoms with Crippen LogP contribution in [-0.2, 0) is 56.8 Å². The van der Waals surface area contributed by atoms with E-state index in [-0.39, 0.29) is 25.0 Å². The van der Waals surface area contributed by atoms with Crippen molar-refractivity contribution in [1.82, 2.24) is 4.90 Å². The number of carbonyl (C=O) groups is 2. The molecule has 0 N–H and O–H groups in total. The molecule has 2 amide bonds. The number of alkyl halides is 1. The van der Waals surface area contributed by atoms with Crippen LogP contribution in [0.2, 0.25) is 0 Å². The van der Waals surface area contributed by atoms with Gasteiger partial charge in [0.1, 0.15) is 0 Å². The van der Waals surface area contributed by atoms with Crippen LogP contribution < -0.4 is 0 Å². The topological polar surface area (TPSA) is 148 Å². The van der Waals surface area contributed by atoms with Gasteiger partial charge in [-0.2, -0.15) is 0 Å². The zero-order chi connectivity index (χ0) is 38.4. The molecule has 1 aliphatic heterocycles. The number of halogens is 1. The molecule has 312 valence electrons. The van der Waals surface area contributed by atoms with Gasteiger partial charge in [-0.15, -0.1) is 11.6 Å². The minimum absolute atomic E-state index is 0.213. The molecule has 0 saturated heterocycles. The Morgan fingerprint density at radius 3 is 0.907 bits per heavy atom. The molecule has 0 unspecified atom stereocenters. The van der Waals surface area contributed by atoms with E-state index >= 15 is 0 Å². The Bertz CT molecular complexity index is 991. The van der Waals surface area contributed by atoms with Crippen LogP contribution in [-0.4, -0.2) is 188 Å². The molecule has 1 aromatic rings. The number of imide groups is 1. The fourth-order valence-electron chi connectivity index (χ4n) is 4.77. The van der Waals surface area contributed by atoms with E-state index in [9.17, 15) is 9.59 Å². The molecule has 15 nitrogen and oxygen atoms in total. The summed E-state index contributed by atoms with van der Waals surface area (Å²) in [6.45, 7) is 12.0. The first-order valence-electron chi connectivity index (χ1n) is 19.2. The molecule has 2 rings (SSSR count). The van der Waals surface area contributed by atoms with Crippen molar-refractivity contribution in [2.24, 2.45) is 0 Å². The second-order valence-corrected chi connectivity index (χ2v) is 12.1. The van der Waals surface area contributed by atoms with E-state index in [0.29, 0.717) is 156 Å². The smallest absolute Gasteiger partial charge is 0.261 e. The maximum Gasteiger partial charge on any atom is 0.261 e. The number of rotatable bonds is 42. The number of hydrogen-bond acceptors (Lipinski definition) is 14. The van der Waals surface area contributed by atoms with Gasteiger partial charge in [-0.3, -0.25) is 14.5 Å². The Morgan fingerprint density at radius 2 is 0.611 bits per heavy atom. The summed E-state index contributed by atoms with van der Waals surface area (Å²) >= 11 is 5.66. The summed E-state index contributed by atoms with van der Waals surface area (Å²) in [7, 11) is 0. The molecule has 0 spiro atoms. The van der Waals surface area contributed by atoms with Crippen LogP contribution in [0.25, 0.3) is 0 Å². The van der Waals surface area contributed by atoms with Gasteiger partial charge in [0.2, 0.25) is 0 Å². The summed E-state index contributed by atoms with van der Waals surface area (Å²) in [5.74, 6) is 0.181. The van der Waals surface area contributed by atoms with Crippen molar-refractivity contribution in [3.05, 3.63) is 35.4 Å². The maximum atomic E-state index is 12.3. The van der Waals surface area contributed by atoms with Crippen molar-refractivity contribution >= 4 is 23.4 Å². The van der Waals surface area contributed by atoms with E-state index in [1.54, 1.807) is 24.3 Å². The van der Waals surface area contributed by atoms with Gasteiger partial charge in [0.25, 0.3) is 11.8 Å². The molecule has 1 heterocycles. The number of amides is 2. The Hall–Kier alpha value is -1.83. The molecule has 0 atom stereocenters. The van der Waals surface area contributed by atoms with E-state index in [1.807, 2.05) is 0 Å². The van der Waals surface area contributed by atoms with E-state index in [4.69, 9.17) is 68.4 Å². The summed E-state index contributed by atoms with van der Waals surface area (Å²) in [5, 5.41) is 0. The average Bonchev–Trinajstić information content (AvgIpc) is 3.43. The first-order valence-corrected chi connectivity index (χ1v) is 19.7. The predicted molar refractivity (Wildman–Crippen MR) is 201 cm³/mol. The fraction of sp³-hybridized carbons (Fsp3) is 0.789. The van der Waals surface area contributed by atoms with Crippen molar-refractivity contribution in [3.8, 4) is 0 Å². The number of unbranched alkanes of at least 4 members (excludes halogenated alkanes) is 3. The zero-order valence-electron chi connectivity index (χ0n) is 32.1. The van der Waals surface area contributed by atoms with E-state index < -0.39 is 0 Å². The highest BCUT2D eigenvalue weighted by Gasteiger charge is 2.34. The summed E-state index contributed by atoms with van der Waals surface area (Å²) in [6, 6.07) is 6.82. The molecule has 0 fully saturated rings. The third kappa shape index (κ3) is 26.1. The fourth-order valence-corrected chi connectivity index (χ4v) is 4.96. The normalized spacial score (nSPS) is 12.7. The Morgan fingerprint density at radius 1 is 0.352 bits per heavy atom. The van der Waals surface area contributed by atoms with Crippen LogP contribution in [0, 0.1) is 0 Å². The van der Waals surface area contributed by atoms with Gasteiger partial charge in [-0.25, -0.2) is 0 Å². The van der Waals surface area contributed by atoms with Gasteiger partial charge >= 0.3 is 0 Å². The lowest BCUT2D eigenvalue weighted by molar-refractivity contribution is -0.0284. The monoisotopic (exact) mass is 793 g/mol. The molecule has 1 aliphatic rings. The number of fused-ring (bicyclic) bond motifs is 1. The first kappa shape index (κ1) is 48.3. The third-order valence-electron chi connectivity index (χ3n) is 7.60. The lowest BCUT2D eigenvalue weighted by atomic mass is 10.1. The Labute approximate surface area is 326 Å². The van der Waals surface area contributed by atoms with E-state index in [1.165, 1.54) is 11.3 Å². The Balaban J connectivity index is 1.15. The van der Waals surface area contributed by atoms with Crippen LogP contribution in [0.4, 0.5) is 0 Å². The van der Waals surface area contributed by atoms with Gasteiger partial charge in [-0.05, 0) is 25.0 Å². The molecule has 0 bridgehead atoms. The number of ether oxygens (including phenoxy) is 12. The van der Waals surface area contributed by atoms with Crippen molar-refractivity contribution < 1.29 is 66.4 Å². The van der Waals surface area contributed by atoms with Gasteiger partial charge in [0.15, 0.2) is 0 Å². The summed E-state index contributed by atoms with van der Waals surface area (Å²) in [6.07, 6.45) is 4.47. The Kier molecular flexibility index (Phi) is 32.9. The zero-order valence-corrected chi connectivity index (χ0v) is 32.8. The van der Waals surface area contributed by atoms with Crippen molar-refractivity contribution in [2.45, 2.75) is 25.7 Å². The number of benzene rings is 1. The molecule has 0 aliphatic carbocycles. The largest absolute Gasteiger partial charge is 0.379 e. The van der Waals surface area contributed by atoms with Gasteiger partial charge < -0.3 is 56.8 Å². The highest BCUT2D eigenvalue weighted by atomic mass is 35.5. The summed E-state index contributed by atoms with van der Waals surface area (Å²) in [4.78, 5) is 25.8. The van der Waals surface area contributed by atoms with Crippen LogP contribution in [0.5, 0.6) is 0 Å². The van der Waals surface area contributed by atoms with Gasteiger partial charge in [-0.1, -0.05) is 25.0 Å². The summed E-state index contributed by atoms with van der Waals surface area (Å²) < 4.78 is 65.9. The lowest BCUT2D eigenvalue weighted by Crippen LogP contribution is -2.33. The highest BCUT2D eigenvalue weighted by molar-refractivity contribution is 6.21. The van der Waals surface area contributed by atoms with E-state index in [2.05, 4.69) is 0 Å². The van der Waals surface area contributed by atoms with Gasteiger partial charge in [0, 0.05) is 12.5 Å². The maximum absolute atomic E-state index is 12.3. The molecule has 0 saturated carbocycles. The predicted octanol–water partition coefficient (Wildman–Crippen LogP) is 3.28. The molecule has 1 aromatic carbocycles. The van der Waals surface area contributed by atoms with Crippen LogP contribution >= 0.6 is 11.6 Å². The van der Waals surface area contributed by atoms with Gasteiger partial charge in [0.05, 0.1) is 170 Å². The molecule has 0 aromatic heterocycles. The molecular weight excluding hydrogens is 730 g/mol. The summed E-state index contributed by atoms with van der Waals surface area (Å²) in [5.41, 5.74) is 0.882. The second-order valence-electron chi connectivity index (χ2n) is 11.8. The minimum atomic E-state index is -0.278. The lowest BCUT2D eigenvalue weighted by Gasteiger charge is -2.13. The van der Waals surface area contributed by atoms with E-state index in [0.717, 1.165) is 31.7 Å². The highest BCUT2D eigenvalue weighted by Crippen LogP contribution is 2.21. The van der Waals surface area contributed by atoms with Crippen LogP contribution in [0.3, 0.4) is 0 Å². The van der Waals surface area contributed by atoms with Crippen LogP contribution in [0.15, 0.2) is 24.3 Å². The average molecular weight is 794 g/mol. The number of hydrogen-bond donors (Lipinski definition) is 0. The van der Waals surface area contributed by atoms with Crippen molar-refractivity contribution in [1.29, 1.82) is 0 Å².